The van der Waals surface area contributed by atoms with E-state index in [4.69, 9.17) is 4.74 Å². The van der Waals surface area contributed by atoms with E-state index in [9.17, 15) is 19.2 Å². The van der Waals surface area contributed by atoms with Crippen LogP contribution in [-0.2, 0) is 6.54 Å². The third-order valence-electron chi connectivity index (χ3n) is 5.86. The van der Waals surface area contributed by atoms with Crippen molar-refractivity contribution >= 4 is 5.91 Å². The van der Waals surface area contributed by atoms with Crippen LogP contribution < -0.4 is 26.9 Å². The Kier molecular flexibility index (Phi) is 6.53. The first-order valence-electron chi connectivity index (χ1n) is 10.8. The first-order chi connectivity index (χ1) is 16.0. The summed E-state index contributed by atoms with van der Waals surface area (Å²) in [5, 5.41) is 2.62. The first kappa shape index (κ1) is 22.3. The number of hydrogen-bond donors (Lipinski definition) is 2. The van der Waals surface area contributed by atoms with Crippen LogP contribution in [0.4, 0.5) is 0 Å². The predicted molar refractivity (Wildman–Crippen MR) is 121 cm³/mol. The van der Waals surface area contributed by atoms with Gasteiger partial charge in [-0.2, -0.15) is 0 Å². The Morgan fingerprint density at radius 1 is 1.21 bits per heavy atom. The van der Waals surface area contributed by atoms with Crippen molar-refractivity contribution in [2.45, 2.75) is 38.1 Å². The number of ether oxygens (including phenoxy) is 1. The zero-order valence-corrected chi connectivity index (χ0v) is 18.2. The van der Waals surface area contributed by atoms with Crippen LogP contribution >= 0.6 is 0 Å². The minimum Gasteiger partial charge on any atom is -0.495 e. The first-order valence-corrected chi connectivity index (χ1v) is 10.8. The lowest BCUT2D eigenvalue weighted by Crippen LogP contribution is -2.40. The molecular weight excluding hydrogens is 426 g/mol. The molecule has 1 fully saturated rings. The second-order valence-corrected chi connectivity index (χ2v) is 7.90. The normalized spacial score (nSPS) is 13.7. The average molecular weight is 451 g/mol. The number of H-pyrrole nitrogens is 1. The molecule has 0 saturated heterocycles. The number of aromatic amines is 1. The minimum atomic E-state index is -0.777. The molecule has 10 nitrogen and oxygen atoms in total. The molecule has 1 aliphatic carbocycles. The lowest BCUT2D eigenvalue weighted by Gasteiger charge is -2.12. The number of methoxy groups -OCH3 is 1. The van der Waals surface area contributed by atoms with Gasteiger partial charge < -0.3 is 15.0 Å². The van der Waals surface area contributed by atoms with Gasteiger partial charge in [-0.1, -0.05) is 25.0 Å². The Balaban J connectivity index is 1.48. The highest BCUT2D eigenvalue weighted by atomic mass is 16.5. The number of benzene rings is 1. The highest BCUT2D eigenvalue weighted by Gasteiger charge is 2.20. The molecule has 3 aromatic rings. The Morgan fingerprint density at radius 3 is 2.70 bits per heavy atom. The van der Waals surface area contributed by atoms with Crippen LogP contribution in [0.3, 0.4) is 0 Å². The SMILES string of the molecule is COc1ccccc1-n1c(=O)[nH]cc(C(=O)NCCn2cnc(C3CCCC3)cc2=O)c1=O. The van der Waals surface area contributed by atoms with Crippen LogP contribution in [0.15, 0.2) is 57.2 Å². The molecule has 0 unspecified atom stereocenters. The zero-order chi connectivity index (χ0) is 23.4. The molecule has 0 bridgehead atoms. The summed E-state index contributed by atoms with van der Waals surface area (Å²) in [5.41, 5.74) is -0.836. The molecular formula is C23H25N5O5. The van der Waals surface area contributed by atoms with Crippen LogP contribution in [0, 0.1) is 0 Å². The molecule has 2 aromatic heterocycles. The Hall–Kier alpha value is -3.95. The maximum absolute atomic E-state index is 12.9. The summed E-state index contributed by atoms with van der Waals surface area (Å²) in [7, 11) is 1.42. The van der Waals surface area contributed by atoms with E-state index < -0.39 is 17.2 Å². The van der Waals surface area contributed by atoms with Gasteiger partial charge in [-0.3, -0.25) is 19.0 Å². The van der Waals surface area contributed by atoms with Gasteiger partial charge in [0.1, 0.15) is 11.3 Å². The number of nitrogens with one attached hydrogen (secondary N) is 2. The van der Waals surface area contributed by atoms with Gasteiger partial charge in [0.05, 0.1) is 24.8 Å². The molecule has 4 rings (SSSR count). The lowest BCUT2D eigenvalue weighted by molar-refractivity contribution is 0.0949. The van der Waals surface area contributed by atoms with Gasteiger partial charge in [0, 0.05) is 31.3 Å². The molecule has 10 heteroatoms. The van der Waals surface area contributed by atoms with Crippen molar-refractivity contribution in [3.8, 4) is 11.4 Å². The second-order valence-electron chi connectivity index (χ2n) is 7.90. The number of hydrogen-bond acceptors (Lipinski definition) is 6. The molecule has 1 aliphatic rings. The number of rotatable bonds is 7. The fraction of sp³-hybridized carbons (Fsp3) is 0.348. The number of amides is 1. The maximum atomic E-state index is 12.9. The number of nitrogens with zero attached hydrogens (tertiary/aromatic N) is 3. The monoisotopic (exact) mass is 451 g/mol. The number of para-hydroxylation sites is 2. The van der Waals surface area contributed by atoms with Gasteiger partial charge in [0.2, 0.25) is 0 Å². The molecule has 1 aromatic carbocycles. The zero-order valence-electron chi connectivity index (χ0n) is 18.2. The fourth-order valence-electron chi connectivity index (χ4n) is 4.11. The van der Waals surface area contributed by atoms with Crippen LogP contribution in [0.5, 0.6) is 5.75 Å². The third-order valence-corrected chi connectivity index (χ3v) is 5.86. The van der Waals surface area contributed by atoms with Gasteiger partial charge in [0.15, 0.2) is 0 Å². The lowest BCUT2D eigenvalue weighted by atomic mass is 10.0. The summed E-state index contributed by atoms with van der Waals surface area (Å²) in [4.78, 5) is 57.1. The van der Waals surface area contributed by atoms with E-state index in [0.717, 1.165) is 42.1 Å². The van der Waals surface area contributed by atoms with Crippen LogP contribution in [0.1, 0.15) is 47.7 Å². The highest BCUT2D eigenvalue weighted by molar-refractivity contribution is 5.93. The van der Waals surface area contributed by atoms with Gasteiger partial charge >= 0.3 is 5.69 Å². The summed E-state index contributed by atoms with van der Waals surface area (Å²) in [5.74, 6) is -0.00300. The molecule has 1 saturated carbocycles. The fourth-order valence-corrected chi connectivity index (χ4v) is 4.11. The highest BCUT2D eigenvalue weighted by Crippen LogP contribution is 2.32. The Morgan fingerprint density at radius 2 is 1.97 bits per heavy atom. The van der Waals surface area contributed by atoms with Gasteiger partial charge in [-0.15, -0.1) is 0 Å². The van der Waals surface area contributed by atoms with E-state index in [1.807, 2.05) is 0 Å². The molecule has 0 aliphatic heterocycles. The van der Waals surface area contributed by atoms with Crippen molar-refractivity contribution in [1.29, 1.82) is 0 Å². The maximum Gasteiger partial charge on any atom is 0.333 e. The van der Waals surface area contributed by atoms with Crippen LogP contribution in [-0.4, -0.2) is 38.7 Å². The molecule has 1 amide bonds. The summed E-state index contributed by atoms with van der Waals surface area (Å²) in [6.07, 6.45) is 7.00. The van der Waals surface area contributed by atoms with Crippen molar-refractivity contribution < 1.29 is 9.53 Å². The molecule has 2 heterocycles. The number of carbonyl (C=O) groups excluding carboxylic acids is 1. The van der Waals surface area contributed by atoms with E-state index in [-0.39, 0.29) is 29.9 Å². The van der Waals surface area contributed by atoms with Crippen molar-refractivity contribution in [1.82, 2.24) is 24.4 Å². The van der Waals surface area contributed by atoms with Gasteiger partial charge in [-0.05, 0) is 25.0 Å². The average Bonchev–Trinajstić information content (AvgIpc) is 3.35. The third kappa shape index (κ3) is 4.64. The summed E-state index contributed by atoms with van der Waals surface area (Å²) < 4.78 is 7.49. The van der Waals surface area contributed by atoms with Crippen LogP contribution in [0.25, 0.3) is 5.69 Å². The van der Waals surface area contributed by atoms with Crippen LogP contribution in [0.2, 0.25) is 0 Å². The number of carbonyl (C=O) groups is 1. The van der Waals surface area contributed by atoms with E-state index in [1.54, 1.807) is 30.3 Å². The van der Waals surface area contributed by atoms with Crippen molar-refractivity contribution in [2.24, 2.45) is 0 Å². The molecule has 0 radical (unpaired) electrons. The van der Waals surface area contributed by atoms with Crippen molar-refractivity contribution in [2.75, 3.05) is 13.7 Å². The quantitative estimate of drug-likeness (QED) is 0.555. The van der Waals surface area contributed by atoms with Gasteiger partial charge in [-0.25, -0.2) is 14.3 Å². The minimum absolute atomic E-state index is 0.108. The standard InChI is InChI=1S/C23H25N5O5/c1-33-19-9-5-4-8-18(19)28-22(31)16(13-25-23(28)32)21(30)24-10-11-27-14-26-17(12-20(27)29)15-6-2-3-7-15/h4-5,8-9,12-15H,2-3,6-7,10-11H2,1H3,(H,24,30)(H,25,32). The second kappa shape index (κ2) is 9.68. The Bertz CT molecular complexity index is 1330. The van der Waals surface area contributed by atoms with E-state index in [0.29, 0.717) is 11.7 Å². The molecule has 0 spiro atoms. The molecule has 33 heavy (non-hydrogen) atoms. The van der Waals surface area contributed by atoms with Crippen molar-refractivity contribution in [3.63, 3.8) is 0 Å². The smallest absolute Gasteiger partial charge is 0.333 e. The predicted octanol–water partition coefficient (Wildman–Crippen LogP) is 1.18. The topological polar surface area (TPSA) is 128 Å². The van der Waals surface area contributed by atoms with E-state index >= 15 is 0 Å². The van der Waals surface area contributed by atoms with Gasteiger partial charge in [0.25, 0.3) is 17.0 Å². The molecule has 0 atom stereocenters. The molecule has 172 valence electrons. The summed E-state index contributed by atoms with van der Waals surface area (Å²) >= 11 is 0. The summed E-state index contributed by atoms with van der Waals surface area (Å²) in [6.45, 7) is 0.309. The largest absolute Gasteiger partial charge is 0.495 e. The summed E-state index contributed by atoms with van der Waals surface area (Å²) in [6, 6.07) is 8.07. The molecule has 2 N–H and O–H groups in total. The van der Waals surface area contributed by atoms with Crippen molar-refractivity contribution in [3.05, 3.63) is 85.3 Å². The Labute approximate surface area is 188 Å². The van der Waals surface area contributed by atoms with E-state index in [2.05, 4.69) is 15.3 Å². The number of aromatic nitrogens is 4. The van der Waals surface area contributed by atoms with E-state index in [1.165, 1.54) is 18.0 Å².